The van der Waals surface area contributed by atoms with Crippen molar-refractivity contribution in [2.75, 3.05) is 34.4 Å². The van der Waals surface area contributed by atoms with Gasteiger partial charge in [0.15, 0.2) is 6.29 Å². The lowest BCUT2D eigenvalue weighted by Gasteiger charge is -2.20. The van der Waals surface area contributed by atoms with Crippen LogP contribution in [0.2, 0.25) is 0 Å². The predicted molar refractivity (Wildman–Crippen MR) is 45.5 cm³/mol. The molecule has 0 spiro atoms. The second kappa shape index (κ2) is 7.04. The molecule has 0 heterocycles. The molecule has 70 valence electrons. The van der Waals surface area contributed by atoms with Crippen LogP contribution in [-0.4, -0.2) is 45.5 Å². The van der Waals surface area contributed by atoms with E-state index in [1.165, 1.54) is 0 Å². The summed E-state index contributed by atoms with van der Waals surface area (Å²) in [5, 5.41) is 8.32. The molecule has 0 amide bonds. The number of likely N-dealkylation sites (N-methyl/N-ethyl adjacent to an activating group) is 1. The quantitative estimate of drug-likeness (QED) is 0.546. The highest BCUT2D eigenvalue weighted by Crippen LogP contribution is 1.95. The van der Waals surface area contributed by atoms with Gasteiger partial charge in [-0.25, -0.2) is 0 Å². The lowest BCUT2D eigenvalue weighted by Crippen LogP contribution is -2.32. The van der Waals surface area contributed by atoms with Gasteiger partial charge < -0.3 is 14.4 Å². The number of nitrogens with zero attached hydrogens (tertiary/aromatic N) is 2. The van der Waals surface area contributed by atoms with Crippen LogP contribution in [0.5, 0.6) is 0 Å². The topological polar surface area (TPSA) is 45.5 Å². The Hall–Kier alpha value is -0.630. The van der Waals surface area contributed by atoms with Crippen molar-refractivity contribution in [3.63, 3.8) is 0 Å². The van der Waals surface area contributed by atoms with Gasteiger partial charge in [0.1, 0.15) is 0 Å². The number of methoxy groups -OCH3 is 2. The molecular weight excluding hydrogens is 156 g/mol. The smallest absolute Gasteiger partial charge is 0.169 e. The first-order chi connectivity index (χ1) is 5.74. The van der Waals surface area contributed by atoms with E-state index in [0.29, 0.717) is 13.0 Å². The van der Waals surface area contributed by atoms with Crippen molar-refractivity contribution in [2.24, 2.45) is 0 Å². The van der Waals surface area contributed by atoms with Crippen LogP contribution < -0.4 is 0 Å². The molecule has 12 heavy (non-hydrogen) atoms. The maximum absolute atomic E-state index is 8.32. The molecule has 0 rings (SSSR count). The summed E-state index contributed by atoms with van der Waals surface area (Å²) in [5.74, 6) is 0. The van der Waals surface area contributed by atoms with E-state index in [-0.39, 0.29) is 6.29 Å². The Bertz CT molecular complexity index is 140. The minimum atomic E-state index is -0.200. The number of rotatable bonds is 6. The molecule has 0 aliphatic rings. The van der Waals surface area contributed by atoms with Gasteiger partial charge in [0.2, 0.25) is 0 Å². The summed E-state index contributed by atoms with van der Waals surface area (Å²) in [4.78, 5) is 2.00. The maximum Gasteiger partial charge on any atom is 0.169 e. The molecule has 0 aliphatic heterocycles. The standard InChI is InChI=1S/C8H16N2O2/c1-10(6-4-5-9)7-8(11-2)12-3/h8H,4,6-7H2,1-3H3. The van der Waals surface area contributed by atoms with Crippen LogP contribution >= 0.6 is 0 Å². The lowest BCUT2D eigenvalue weighted by atomic mass is 10.4. The third kappa shape index (κ3) is 5.08. The van der Waals surface area contributed by atoms with Gasteiger partial charge in [-0.3, -0.25) is 0 Å². The van der Waals surface area contributed by atoms with Crippen molar-refractivity contribution in [3.8, 4) is 6.07 Å². The van der Waals surface area contributed by atoms with Crippen molar-refractivity contribution in [1.82, 2.24) is 4.90 Å². The fourth-order valence-electron chi connectivity index (χ4n) is 0.832. The summed E-state index contributed by atoms with van der Waals surface area (Å²) >= 11 is 0. The Kier molecular flexibility index (Phi) is 6.67. The van der Waals surface area contributed by atoms with Gasteiger partial charge in [-0.2, -0.15) is 5.26 Å². The maximum atomic E-state index is 8.32. The molecule has 4 heteroatoms. The fourth-order valence-corrected chi connectivity index (χ4v) is 0.832. The predicted octanol–water partition coefficient (Wildman–Crippen LogP) is 0.451. The molecular formula is C8H16N2O2. The zero-order chi connectivity index (χ0) is 9.40. The summed E-state index contributed by atoms with van der Waals surface area (Å²) < 4.78 is 10.0. The number of hydrogen-bond acceptors (Lipinski definition) is 4. The van der Waals surface area contributed by atoms with Crippen LogP contribution in [0.4, 0.5) is 0 Å². The third-order valence-corrected chi connectivity index (χ3v) is 1.59. The van der Waals surface area contributed by atoms with Crippen molar-refractivity contribution >= 4 is 0 Å². The summed E-state index contributed by atoms with van der Waals surface area (Å²) in [6, 6.07) is 2.08. The van der Waals surface area contributed by atoms with E-state index in [0.717, 1.165) is 6.54 Å². The van der Waals surface area contributed by atoms with Gasteiger partial charge in [0.25, 0.3) is 0 Å². The van der Waals surface area contributed by atoms with Gasteiger partial charge >= 0.3 is 0 Å². The number of ether oxygens (including phenoxy) is 2. The minimum absolute atomic E-state index is 0.200. The molecule has 0 unspecified atom stereocenters. The van der Waals surface area contributed by atoms with Gasteiger partial charge in [0.05, 0.1) is 6.07 Å². The first kappa shape index (κ1) is 11.4. The zero-order valence-electron chi connectivity index (χ0n) is 7.91. The Balaban J connectivity index is 3.52. The summed E-state index contributed by atoms with van der Waals surface area (Å²) in [6.07, 6.45) is 0.338. The van der Waals surface area contributed by atoms with Crippen LogP contribution in [0, 0.1) is 11.3 Å². The van der Waals surface area contributed by atoms with Gasteiger partial charge in [-0.1, -0.05) is 0 Å². The molecule has 0 aromatic rings. The molecule has 0 saturated heterocycles. The van der Waals surface area contributed by atoms with E-state index >= 15 is 0 Å². The highest BCUT2D eigenvalue weighted by atomic mass is 16.7. The zero-order valence-corrected chi connectivity index (χ0v) is 7.91. The molecule has 0 atom stereocenters. The van der Waals surface area contributed by atoms with Crippen LogP contribution in [0.1, 0.15) is 6.42 Å². The summed E-state index contributed by atoms with van der Waals surface area (Å²) in [5.41, 5.74) is 0. The summed E-state index contributed by atoms with van der Waals surface area (Å²) in [7, 11) is 5.14. The second-order valence-corrected chi connectivity index (χ2v) is 2.57. The molecule has 0 fully saturated rings. The molecule has 0 bridgehead atoms. The molecule has 0 aromatic carbocycles. The Morgan fingerprint density at radius 1 is 1.42 bits per heavy atom. The van der Waals surface area contributed by atoms with Crippen LogP contribution in [0.3, 0.4) is 0 Å². The molecule has 0 radical (unpaired) electrons. The Morgan fingerprint density at radius 2 is 2.00 bits per heavy atom. The fraction of sp³-hybridized carbons (Fsp3) is 0.875. The number of nitriles is 1. The molecule has 0 saturated carbocycles. The monoisotopic (exact) mass is 172 g/mol. The Labute approximate surface area is 73.7 Å². The van der Waals surface area contributed by atoms with Crippen LogP contribution in [-0.2, 0) is 9.47 Å². The van der Waals surface area contributed by atoms with Gasteiger partial charge in [-0.15, -0.1) is 0 Å². The van der Waals surface area contributed by atoms with Crippen molar-refractivity contribution < 1.29 is 9.47 Å². The first-order valence-electron chi connectivity index (χ1n) is 3.85. The van der Waals surface area contributed by atoms with Gasteiger partial charge in [-0.05, 0) is 7.05 Å². The average molecular weight is 172 g/mol. The van der Waals surface area contributed by atoms with E-state index in [9.17, 15) is 0 Å². The van der Waals surface area contributed by atoms with E-state index < -0.39 is 0 Å². The van der Waals surface area contributed by atoms with Crippen molar-refractivity contribution in [2.45, 2.75) is 12.7 Å². The number of hydrogen-bond donors (Lipinski definition) is 0. The highest BCUT2D eigenvalue weighted by molar-refractivity contribution is 4.71. The average Bonchev–Trinajstić information content (AvgIpc) is 2.10. The van der Waals surface area contributed by atoms with E-state index in [4.69, 9.17) is 14.7 Å². The molecule has 0 aliphatic carbocycles. The largest absolute Gasteiger partial charge is 0.355 e. The lowest BCUT2D eigenvalue weighted by molar-refractivity contribution is -0.113. The third-order valence-electron chi connectivity index (χ3n) is 1.59. The van der Waals surface area contributed by atoms with Crippen molar-refractivity contribution in [3.05, 3.63) is 0 Å². The minimum Gasteiger partial charge on any atom is -0.355 e. The summed E-state index contributed by atoms with van der Waals surface area (Å²) in [6.45, 7) is 1.44. The highest BCUT2D eigenvalue weighted by Gasteiger charge is 2.07. The van der Waals surface area contributed by atoms with Gasteiger partial charge in [0, 0.05) is 33.7 Å². The van der Waals surface area contributed by atoms with Crippen molar-refractivity contribution in [1.29, 1.82) is 5.26 Å². The van der Waals surface area contributed by atoms with Crippen LogP contribution in [0.25, 0.3) is 0 Å². The van der Waals surface area contributed by atoms with E-state index in [1.807, 2.05) is 11.9 Å². The van der Waals surface area contributed by atoms with E-state index in [1.54, 1.807) is 14.2 Å². The van der Waals surface area contributed by atoms with Crippen LogP contribution in [0.15, 0.2) is 0 Å². The Morgan fingerprint density at radius 3 is 2.42 bits per heavy atom. The molecule has 4 nitrogen and oxygen atoms in total. The SMILES string of the molecule is COC(CN(C)CCC#N)OC. The first-order valence-corrected chi connectivity index (χ1v) is 3.85. The second-order valence-electron chi connectivity index (χ2n) is 2.57. The normalized spacial score (nSPS) is 10.7. The van der Waals surface area contributed by atoms with E-state index in [2.05, 4.69) is 6.07 Å². The molecule has 0 aromatic heterocycles. The molecule has 0 N–H and O–H groups in total.